The Kier molecular flexibility index (Phi) is 4.27. The summed E-state index contributed by atoms with van der Waals surface area (Å²) in [5, 5.41) is 12.9. The van der Waals surface area contributed by atoms with Gasteiger partial charge in [-0.1, -0.05) is 29.8 Å². The smallest absolute Gasteiger partial charge is 0.136 e. The molecule has 0 amide bonds. The van der Waals surface area contributed by atoms with E-state index < -0.39 is 0 Å². The van der Waals surface area contributed by atoms with Crippen LogP contribution in [0.5, 0.6) is 5.75 Å². The van der Waals surface area contributed by atoms with Crippen LogP contribution in [0.25, 0.3) is 0 Å². The lowest BCUT2D eigenvalue weighted by Crippen LogP contribution is -2.00. The molecule has 0 bridgehead atoms. The molecule has 0 heterocycles. The van der Waals surface area contributed by atoms with Crippen molar-refractivity contribution in [2.24, 2.45) is 0 Å². The first-order chi connectivity index (χ1) is 9.24. The average molecular weight is 273 g/mol. The molecule has 0 spiro atoms. The first-order valence-corrected chi connectivity index (χ1v) is 6.18. The number of hydrogen-bond acceptors (Lipinski definition) is 3. The molecule has 1 N–H and O–H groups in total. The summed E-state index contributed by atoms with van der Waals surface area (Å²) in [7, 11) is 1.55. The number of ether oxygens (including phenoxy) is 1. The van der Waals surface area contributed by atoms with Crippen LogP contribution in [-0.4, -0.2) is 7.11 Å². The Morgan fingerprint density at radius 3 is 2.74 bits per heavy atom. The molecule has 0 saturated heterocycles. The van der Waals surface area contributed by atoms with Gasteiger partial charge >= 0.3 is 0 Å². The summed E-state index contributed by atoms with van der Waals surface area (Å²) < 4.78 is 5.11. The van der Waals surface area contributed by atoms with Crippen LogP contribution in [0, 0.1) is 11.3 Å². The molecular formula is C15H13ClN2O. The second kappa shape index (κ2) is 6.12. The van der Waals surface area contributed by atoms with Crippen molar-refractivity contribution in [3.05, 3.63) is 58.6 Å². The molecule has 0 aliphatic heterocycles. The molecule has 0 unspecified atom stereocenters. The summed E-state index contributed by atoms with van der Waals surface area (Å²) in [4.78, 5) is 0. The number of benzene rings is 2. The third kappa shape index (κ3) is 3.18. The zero-order valence-corrected chi connectivity index (χ0v) is 11.2. The van der Waals surface area contributed by atoms with Crippen molar-refractivity contribution in [3.63, 3.8) is 0 Å². The zero-order chi connectivity index (χ0) is 13.7. The molecule has 2 aromatic carbocycles. The maximum atomic E-state index is 9.03. The molecular weight excluding hydrogens is 260 g/mol. The lowest BCUT2D eigenvalue weighted by molar-refractivity contribution is 0.413. The Morgan fingerprint density at radius 2 is 2.05 bits per heavy atom. The van der Waals surface area contributed by atoms with Gasteiger partial charge in [-0.2, -0.15) is 5.26 Å². The maximum absolute atomic E-state index is 9.03. The molecule has 0 fully saturated rings. The molecule has 0 atom stereocenters. The third-order valence-electron chi connectivity index (χ3n) is 2.74. The van der Waals surface area contributed by atoms with Gasteiger partial charge in [-0.05, 0) is 29.8 Å². The minimum Gasteiger partial charge on any atom is -0.495 e. The fourth-order valence-corrected chi connectivity index (χ4v) is 1.96. The van der Waals surface area contributed by atoms with Gasteiger partial charge in [0.2, 0.25) is 0 Å². The summed E-state index contributed by atoms with van der Waals surface area (Å²) in [5.41, 5.74) is 2.40. The molecule has 0 aliphatic rings. The zero-order valence-electron chi connectivity index (χ0n) is 10.5. The van der Waals surface area contributed by atoms with Crippen molar-refractivity contribution in [2.75, 3.05) is 12.4 Å². The minimum absolute atomic E-state index is 0.529. The van der Waals surface area contributed by atoms with Crippen molar-refractivity contribution < 1.29 is 4.74 Å². The van der Waals surface area contributed by atoms with E-state index in [1.165, 1.54) is 0 Å². The van der Waals surface area contributed by atoms with Gasteiger partial charge in [0.1, 0.15) is 11.8 Å². The fraction of sp³-hybridized carbons (Fsp3) is 0.133. The number of para-hydroxylation sites is 1. The van der Waals surface area contributed by atoms with E-state index >= 15 is 0 Å². The van der Waals surface area contributed by atoms with Crippen molar-refractivity contribution in [1.82, 2.24) is 0 Å². The fourth-order valence-electron chi connectivity index (χ4n) is 1.75. The predicted molar refractivity (Wildman–Crippen MR) is 76.5 cm³/mol. The van der Waals surface area contributed by atoms with E-state index in [1.54, 1.807) is 13.2 Å². The average Bonchev–Trinajstić information content (AvgIpc) is 2.46. The number of rotatable bonds is 4. The molecule has 2 rings (SSSR count). The van der Waals surface area contributed by atoms with Gasteiger partial charge < -0.3 is 10.1 Å². The van der Waals surface area contributed by atoms with E-state index in [2.05, 4.69) is 11.4 Å². The Bertz CT molecular complexity index is 620. The molecule has 2 aromatic rings. The van der Waals surface area contributed by atoms with Crippen LogP contribution in [-0.2, 0) is 6.54 Å². The van der Waals surface area contributed by atoms with Crippen LogP contribution in [0.1, 0.15) is 11.1 Å². The van der Waals surface area contributed by atoms with Gasteiger partial charge in [0.15, 0.2) is 0 Å². The van der Waals surface area contributed by atoms with E-state index in [0.29, 0.717) is 22.9 Å². The SMILES string of the molecule is COc1ccc(CNc2ccccc2Cl)cc1C#N. The maximum Gasteiger partial charge on any atom is 0.136 e. The van der Waals surface area contributed by atoms with Crippen molar-refractivity contribution >= 4 is 17.3 Å². The van der Waals surface area contributed by atoms with Gasteiger partial charge in [-0.15, -0.1) is 0 Å². The van der Waals surface area contributed by atoms with Gasteiger partial charge in [-0.3, -0.25) is 0 Å². The summed E-state index contributed by atoms with van der Waals surface area (Å²) >= 11 is 6.06. The van der Waals surface area contributed by atoms with Gasteiger partial charge in [0, 0.05) is 6.54 Å². The highest BCUT2D eigenvalue weighted by Gasteiger charge is 2.04. The van der Waals surface area contributed by atoms with E-state index in [-0.39, 0.29) is 0 Å². The Morgan fingerprint density at radius 1 is 1.26 bits per heavy atom. The molecule has 0 radical (unpaired) electrons. The molecule has 0 aliphatic carbocycles. The summed E-state index contributed by atoms with van der Waals surface area (Å²) in [5.74, 6) is 0.587. The molecule has 0 saturated carbocycles. The van der Waals surface area contributed by atoms with Crippen molar-refractivity contribution in [2.45, 2.75) is 6.54 Å². The van der Waals surface area contributed by atoms with Gasteiger partial charge in [-0.25, -0.2) is 0 Å². The summed E-state index contributed by atoms with van der Waals surface area (Å²) in [6, 6.07) is 15.2. The van der Waals surface area contributed by atoms with Gasteiger partial charge in [0.25, 0.3) is 0 Å². The lowest BCUT2D eigenvalue weighted by atomic mass is 10.1. The molecule has 4 heteroatoms. The van der Waals surface area contributed by atoms with E-state index in [1.807, 2.05) is 36.4 Å². The third-order valence-corrected chi connectivity index (χ3v) is 3.07. The lowest BCUT2D eigenvalue weighted by Gasteiger charge is -2.09. The Labute approximate surface area is 117 Å². The second-order valence-electron chi connectivity index (χ2n) is 3.98. The number of nitrogens with zero attached hydrogens (tertiary/aromatic N) is 1. The van der Waals surface area contributed by atoms with E-state index in [9.17, 15) is 0 Å². The number of hydrogen-bond donors (Lipinski definition) is 1. The molecule has 0 aromatic heterocycles. The van der Waals surface area contributed by atoms with Crippen LogP contribution >= 0.6 is 11.6 Å². The second-order valence-corrected chi connectivity index (χ2v) is 4.39. The number of anilines is 1. The standard InChI is InChI=1S/C15H13ClN2O/c1-19-15-7-6-11(8-12(15)9-17)10-18-14-5-3-2-4-13(14)16/h2-8,18H,10H2,1H3. The van der Waals surface area contributed by atoms with Crippen molar-refractivity contribution in [1.29, 1.82) is 5.26 Å². The molecule has 3 nitrogen and oxygen atoms in total. The van der Waals surface area contributed by atoms with E-state index in [0.717, 1.165) is 11.3 Å². The number of nitriles is 1. The molecule has 19 heavy (non-hydrogen) atoms. The first kappa shape index (κ1) is 13.3. The number of methoxy groups -OCH3 is 1. The quantitative estimate of drug-likeness (QED) is 0.920. The minimum atomic E-state index is 0.529. The van der Waals surface area contributed by atoms with Crippen LogP contribution in [0.15, 0.2) is 42.5 Å². The summed E-state index contributed by atoms with van der Waals surface area (Å²) in [6.45, 7) is 0.600. The van der Waals surface area contributed by atoms with Crippen LogP contribution in [0.3, 0.4) is 0 Å². The van der Waals surface area contributed by atoms with Crippen LogP contribution in [0.2, 0.25) is 5.02 Å². The summed E-state index contributed by atoms with van der Waals surface area (Å²) in [6.07, 6.45) is 0. The highest BCUT2D eigenvalue weighted by Crippen LogP contribution is 2.23. The normalized spacial score (nSPS) is 9.74. The number of nitrogens with one attached hydrogen (secondary N) is 1. The highest BCUT2D eigenvalue weighted by atomic mass is 35.5. The van der Waals surface area contributed by atoms with Gasteiger partial charge in [0.05, 0.1) is 23.4 Å². The van der Waals surface area contributed by atoms with Crippen molar-refractivity contribution in [3.8, 4) is 11.8 Å². The topological polar surface area (TPSA) is 45.0 Å². The molecule has 96 valence electrons. The Hall–Kier alpha value is -2.18. The van der Waals surface area contributed by atoms with Crippen LogP contribution in [0.4, 0.5) is 5.69 Å². The highest BCUT2D eigenvalue weighted by molar-refractivity contribution is 6.33. The largest absolute Gasteiger partial charge is 0.495 e. The number of halogens is 1. The van der Waals surface area contributed by atoms with Crippen LogP contribution < -0.4 is 10.1 Å². The predicted octanol–water partition coefficient (Wildman–Crippen LogP) is 3.83. The first-order valence-electron chi connectivity index (χ1n) is 5.80. The monoisotopic (exact) mass is 272 g/mol. The Balaban J connectivity index is 2.13. The van der Waals surface area contributed by atoms with E-state index in [4.69, 9.17) is 21.6 Å².